The Balaban J connectivity index is 2.93. The average molecular weight is 262 g/mol. The molecule has 0 radical (unpaired) electrons. The lowest BCUT2D eigenvalue weighted by molar-refractivity contribution is 0.265. The Morgan fingerprint density at radius 2 is 1.91 bits per heavy atom. The molecule has 0 aromatic heterocycles. The van der Waals surface area contributed by atoms with Gasteiger partial charge in [0.15, 0.2) is 0 Å². The van der Waals surface area contributed by atoms with E-state index in [1.165, 1.54) is 5.56 Å². The minimum absolute atomic E-state index is 0.140. The largest absolute Gasteiger partial charge is 0.395 e. The van der Waals surface area contributed by atoms with Crippen molar-refractivity contribution in [3.8, 4) is 0 Å². The molecular weight excluding hydrogens is 251 g/mol. The van der Waals surface area contributed by atoms with Crippen molar-refractivity contribution in [2.75, 3.05) is 6.61 Å². The topological polar surface area (TPSA) is 20.2 Å². The van der Waals surface area contributed by atoms with Crippen molar-refractivity contribution >= 4 is 22.6 Å². The molecule has 0 aliphatic carbocycles. The summed E-state index contributed by atoms with van der Waals surface area (Å²) in [4.78, 5) is 0. The summed E-state index contributed by atoms with van der Waals surface area (Å²) in [5.74, 6) is 0. The molecule has 0 heterocycles. The second kappa shape index (κ2) is 3.54. The van der Waals surface area contributed by atoms with E-state index in [4.69, 9.17) is 5.11 Å². The Morgan fingerprint density at radius 3 is 2.36 bits per heavy atom. The first-order valence-electron chi connectivity index (χ1n) is 3.52. The van der Waals surface area contributed by atoms with Gasteiger partial charge < -0.3 is 5.11 Å². The molecular formula is C9H11IO. The highest BCUT2D eigenvalue weighted by atomic mass is 127. The number of alkyl halides is 1. The van der Waals surface area contributed by atoms with Gasteiger partial charge in [0.05, 0.1) is 10.0 Å². The van der Waals surface area contributed by atoms with Crippen LogP contribution < -0.4 is 0 Å². The van der Waals surface area contributed by atoms with Crippen LogP contribution in [0.25, 0.3) is 0 Å². The average Bonchev–Trinajstić information content (AvgIpc) is 2.06. The van der Waals surface area contributed by atoms with Gasteiger partial charge in [0.25, 0.3) is 0 Å². The summed E-state index contributed by atoms with van der Waals surface area (Å²) in [5, 5.41) is 9.04. The molecule has 60 valence electrons. The monoisotopic (exact) mass is 262 g/mol. The van der Waals surface area contributed by atoms with Gasteiger partial charge in [-0.05, 0) is 12.5 Å². The van der Waals surface area contributed by atoms with Crippen LogP contribution in [0.2, 0.25) is 0 Å². The van der Waals surface area contributed by atoms with Crippen LogP contribution in [0, 0.1) is 0 Å². The Labute approximate surface area is 80.6 Å². The fraction of sp³-hybridized carbons (Fsp3) is 0.333. The Hall–Kier alpha value is -0.0900. The van der Waals surface area contributed by atoms with E-state index in [1.807, 2.05) is 37.3 Å². The van der Waals surface area contributed by atoms with Crippen LogP contribution >= 0.6 is 22.6 Å². The summed E-state index contributed by atoms with van der Waals surface area (Å²) >= 11 is 2.26. The molecule has 1 atom stereocenters. The molecule has 1 aromatic rings. The molecule has 0 amide bonds. The van der Waals surface area contributed by atoms with Gasteiger partial charge in [0.1, 0.15) is 0 Å². The molecule has 0 saturated heterocycles. The minimum Gasteiger partial charge on any atom is -0.395 e. The maximum Gasteiger partial charge on any atom is 0.0672 e. The Kier molecular flexibility index (Phi) is 2.90. The smallest absolute Gasteiger partial charge is 0.0672 e. The maximum absolute atomic E-state index is 9.04. The summed E-state index contributed by atoms with van der Waals surface area (Å²) in [7, 11) is 0. The van der Waals surface area contributed by atoms with Gasteiger partial charge in [-0.2, -0.15) is 0 Å². The molecule has 1 nitrogen and oxygen atoms in total. The van der Waals surface area contributed by atoms with Crippen LogP contribution in [0.1, 0.15) is 12.5 Å². The molecule has 0 spiro atoms. The van der Waals surface area contributed by atoms with Gasteiger partial charge in [-0.25, -0.2) is 0 Å². The van der Waals surface area contributed by atoms with E-state index in [9.17, 15) is 0 Å². The molecule has 0 saturated carbocycles. The third-order valence-corrected chi connectivity index (χ3v) is 2.64. The summed E-state index contributed by atoms with van der Waals surface area (Å²) in [6.07, 6.45) is 0. The molecule has 0 aliphatic rings. The van der Waals surface area contributed by atoms with Crippen molar-refractivity contribution in [3.05, 3.63) is 35.9 Å². The van der Waals surface area contributed by atoms with E-state index in [-0.39, 0.29) is 10.0 Å². The fourth-order valence-corrected chi connectivity index (χ4v) is 1.24. The molecule has 1 rings (SSSR count). The third kappa shape index (κ3) is 2.17. The molecule has 1 unspecified atom stereocenters. The standard InChI is InChI=1S/C9H11IO/c1-9(10,7-11)8-5-3-2-4-6-8/h2-6,11H,7H2,1H3. The maximum atomic E-state index is 9.04. The number of rotatable bonds is 2. The second-order valence-corrected chi connectivity index (χ2v) is 5.10. The van der Waals surface area contributed by atoms with Crippen molar-refractivity contribution in [3.63, 3.8) is 0 Å². The first-order chi connectivity index (χ1) is 5.17. The lowest BCUT2D eigenvalue weighted by Crippen LogP contribution is -2.17. The van der Waals surface area contributed by atoms with E-state index < -0.39 is 0 Å². The lowest BCUT2D eigenvalue weighted by atomic mass is 10.0. The SMILES string of the molecule is CC(I)(CO)c1ccccc1. The highest BCUT2D eigenvalue weighted by Crippen LogP contribution is 2.29. The third-order valence-electron chi connectivity index (χ3n) is 1.67. The minimum atomic E-state index is -0.140. The Morgan fingerprint density at radius 1 is 1.36 bits per heavy atom. The zero-order valence-corrected chi connectivity index (χ0v) is 8.58. The van der Waals surface area contributed by atoms with Gasteiger partial charge in [0, 0.05) is 0 Å². The van der Waals surface area contributed by atoms with Gasteiger partial charge in [-0.3, -0.25) is 0 Å². The van der Waals surface area contributed by atoms with Crippen LogP contribution in [0.5, 0.6) is 0 Å². The number of halogens is 1. The molecule has 0 bridgehead atoms. The van der Waals surface area contributed by atoms with Crippen LogP contribution in [0.15, 0.2) is 30.3 Å². The van der Waals surface area contributed by atoms with Crippen molar-refractivity contribution in [1.82, 2.24) is 0 Å². The van der Waals surface area contributed by atoms with E-state index in [0.29, 0.717) is 0 Å². The quantitative estimate of drug-likeness (QED) is 0.640. The Bertz CT molecular complexity index is 218. The molecule has 0 fully saturated rings. The van der Waals surface area contributed by atoms with E-state index in [1.54, 1.807) is 0 Å². The normalized spacial score (nSPS) is 15.9. The predicted octanol–water partition coefficient (Wildman–Crippen LogP) is 2.33. The van der Waals surface area contributed by atoms with Crippen LogP contribution in [-0.4, -0.2) is 11.7 Å². The highest BCUT2D eigenvalue weighted by molar-refractivity contribution is 14.1. The van der Waals surface area contributed by atoms with Gasteiger partial charge in [-0.1, -0.05) is 52.9 Å². The number of hydrogen-bond donors (Lipinski definition) is 1. The highest BCUT2D eigenvalue weighted by Gasteiger charge is 2.20. The fourth-order valence-electron chi connectivity index (χ4n) is 0.877. The number of aliphatic hydroxyl groups excluding tert-OH is 1. The summed E-state index contributed by atoms with van der Waals surface area (Å²) in [6.45, 7) is 2.19. The molecule has 0 aliphatic heterocycles. The molecule has 2 heteroatoms. The van der Waals surface area contributed by atoms with Crippen molar-refractivity contribution in [2.24, 2.45) is 0 Å². The van der Waals surface area contributed by atoms with Gasteiger partial charge in [0.2, 0.25) is 0 Å². The number of aliphatic hydroxyl groups is 1. The van der Waals surface area contributed by atoms with Crippen LogP contribution in [-0.2, 0) is 3.42 Å². The number of hydrogen-bond acceptors (Lipinski definition) is 1. The van der Waals surface area contributed by atoms with Gasteiger partial charge >= 0.3 is 0 Å². The lowest BCUT2D eigenvalue weighted by Gasteiger charge is -2.19. The molecule has 1 N–H and O–H groups in total. The first kappa shape index (κ1) is 9.00. The van der Waals surface area contributed by atoms with Crippen molar-refractivity contribution in [1.29, 1.82) is 0 Å². The zero-order chi connectivity index (χ0) is 8.32. The first-order valence-corrected chi connectivity index (χ1v) is 4.60. The van der Waals surface area contributed by atoms with E-state index in [0.717, 1.165) is 0 Å². The molecule has 1 aromatic carbocycles. The van der Waals surface area contributed by atoms with Crippen molar-refractivity contribution in [2.45, 2.75) is 10.3 Å². The summed E-state index contributed by atoms with van der Waals surface area (Å²) in [6, 6.07) is 10.0. The van der Waals surface area contributed by atoms with Crippen LogP contribution in [0.4, 0.5) is 0 Å². The molecule has 11 heavy (non-hydrogen) atoms. The van der Waals surface area contributed by atoms with E-state index in [2.05, 4.69) is 22.6 Å². The second-order valence-electron chi connectivity index (χ2n) is 2.72. The predicted molar refractivity (Wildman–Crippen MR) is 54.9 cm³/mol. The number of benzene rings is 1. The van der Waals surface area contributed by atoms with Gasteiger partial charge in [-0.15, -0.1) is 0 Å². The summed E-state index contributed by atoms with van der Waals surface area (Å²) in [5.41, 5.74) is 1.17. The van der Waals surface area contributed by atoms with Crippen molar-refractivity contribution < 1.29 is 5.11 Å². The van der Waals surface area contributed by atoms with Crippen LogP contribution in [0.3, 0.4) is 0 Å². The van der Waals surface area contributed by atoms with E-state index >= 15 is 0 Å². The zero-order valence-electron chi connectivity index (χ0n) is 6.42. The summed E-state index contributed by atoms with van der Waals surface area (Å²) < 4.78 is -0.140.